The van der Waals surface area contributed by atoms with Gasteiger partial charge in [0.2, 0.25) is 0 Å². The molecule has 100 valence electrons. The van der Waals surface area contributed by atoms with E-state index in [2.05, 4.69) is 23.9 Å². The molecule has 0 aromatic carbocycles. The summed E-state index contributed by atoms with van der Waals surface area (Å²) in [6.07, 6.45) is 3.27. The highest BCUT2D eigenvalue weighted by molar-refractivity contribution is 4.81. The zero-order chi connectivity index (χ0) is 12.3. The summed E-state index contributed by atoms with van der Waals surface area (Å²) >= 11 is 0. The molecule has 0 amide bonds. The van der Waals surface area contributed by atoms with Crippen LogP contribution in [0.5, 0.6) is 0 Å². The fraction of sp³-hybridized carbons (Fsp3) is 1.00. The Morgan fingerprint density at radius 2 is 2.00 bits per heavy atom. The third kappa shape index (κ3) is 3.65. The number of likely N-dealkylation sites (tertiary alicyclic amines) is 1. The summed E-state index contributed by atoms with van der Waals surface area (Å²) in [4.78, 5) is 4.72. The summed E-state index contributed by atoms with van der Waals surface area (Å²) < 4.78 is 5.33. The van der Waals surface area contributed by atoms with Gasteiger partial charge in [-0.15, -0.1) is 0 Å². The van der Waals surface area contributed by atoms with Crippen molar-refractivity contribution in [1.82, 2.24) is 9.80 Å². The fourth-order valence-corrected chi connectivity index (χ4v) is 2.89. The van der Waals surface area contributed by atoms with E-state index >= 15 is 0 Å². The van der Waals surface area contributed by atoms with E-state index in [1.54, 1.807) is 0 Å². The Labute approximate surface area is 105 Å². The second-order valence-corrected chi connectivity index (χ2v) is 5.69. The van der Waals surface area contributed by atoms with Crippen molar-refractivity contribution in [3.63, 3.8) is 0 Å². The molecule has 17 heavy (non-hydrogen) atoms. The standard InChI is InChI=1S/C13H26N2O2/c1-14(2)12-3-6-15(7-4-12)9-13(16)11-5-8-17-10-11/h11-13,16H,3-10H2,1-2H3. The molecular weight excluding hydrogens is 216 g/mol. The average molecular weight is 242 g/mol. The first kappa shape index (κ1) is 13.3. The molecule has 0 bridgehead atoms. The molecule has 2 heterocycles. The topological polar surface area (TPSA) is 35.9 Å². The Morgan fingerprint density at radius 3 is 2.53 bits per heavy atom. The lowest BCUT2D eigenvalue weighted by atomic mass is 9.99. The first-order valence-corrected chi connectivity index (χ1v) is 6.81. The number of ether oxygens (including phenoxy) is 1. The summed E-state index contributed by atoms with van der Waals surface area (Å²) in [6, 6.07) is 0.721. The molecule has 2 atom stereocenters. The van der Waals surface area contributed by atoms with Crippen LogP contribution >= 0.6 is 0 Å². The van der Waals surface area contributed by atoms with Crippen molar-refractivity contribution in [2.45, 2.75) is 31.4 Å². The lowest BCUT2D eigenvalue weighted by Crippen LogP contribution is -2.45. The molecule has 2 aliphatic rings. The van der Waals surface area contributed by atoms with Gasteiger partial charge in [0.05, 0.1) is 12.7 Å². The molecule has 0 saturated carbocycles. The van der Waals surface area contributed by atoms with Gasteiger partial charge >= 0.3 is 0 Å². The van der Waals surface area contributed by atoms with Crippen molar-refractivity contribution < 1.29 is 9.84 Å². The predicted octanol–water partition coefficient (Wildman–Crippen LogP) is 0.410. The maximum atomic E-state index is 10.1. The van der Waals surface area contributed by atoms with Gasteiger partial charge in [-0.2, -0.15) is 0 Å². The quantitative estimate of drug-likeness (QED) is 0.774. The Bertz CT molecular complexity index is 221. The number of aliphatic hydroxyl groups is 1. The fourth-order valence-electron chi connectivity index (χ4n) is 2.89. The number of β-amino-alcohol motifs (C(OH)–C–C–N with tert-alkyl or cyclic N) is 1. The Hall–Kier alpha value is -0.160. The van der Waals surface area contributed by atoms with Crippen LogP contribution in [0.1, 0.15) is 19.3 Å². The number of hydrogen-bond acceptors (Lipinski definition) is 4. The highest BCUT2D eigenvalue weighted by atomic mass is 16.5. The Balaban J connectivity index is 1.70. The van der Waals surface area contributed by atoms with Crippen molar-refractivity contribution in [2.75, 3.05) is 46.9 Å². The maximum Gasteiger partial charge on any atom is 0.0718 e. The molecule has 0 aromatic rings. The number of nitrogens with zero attached hydrogens (tertiary/aromatic N) is 2. The minimum atomic E-state index is -0.201. The number of aliphatic hydroxyl groups excluding tert-OH is 1. The van der Waals surface area contributed by atoms with Gasteiger partial charge in [0.1, 0.15) is 0 Å². The van der Waals surface area contributed by atoms with Gasteiger partial charge in [0.15, 0.2) is 0 Å². The molecule has 2 saturated heterocycles. The van der Waals surface area contributed by atoms with Gasteiger partial charge in [-0.25, -0.2) is 0 Å². The molecule has 0 spiro atoms. The SMILES string of the molecule is CN(C)C1CCN(CC(O)C2CCOC2)CC1. The van der Waals surface area contributed by atoms with E-state index < -0.39 is 0 Å². The van der Waals surface area contributed by atoms with Crippen LogP contribution in [0, 0.1) is 5.92 Å². The van der Waals surface area contributed by atoms with Crippen LogP contribution in [-0.4, -0.2) is 74.0 Å². The molecule has 1 N–H and O–H groups in total. The Morgan fingerprint density at radius 1 is 1.29 bits per heavy atom. The lowest BCUT2D eigenvalue weighted by Gasteiger charge is -2.36. The van der Waals surface area contributed by atoms with Crippen LogP contribution in [-0.2, 0) is 4.74 Å². The highest BCUT2D eigenvalue weighted by Crippen LogP contribution is 2.20. The summed E-state index contributed by atoms with van der Waals surface area (Å²) in [5, 5.41) is 10.1. The molecule has 4 nitrogen and oxygen atoms in total. The van der Waals surface area contributed by atoms with E-state index in [9.17, 15) is 5.11 Å². The van der Waals surface area contributed by atoms with Crippen LogP contribution in [0.25, 0.3) is 0 Å². The van der Waals surface area contributed by atoms with Crippen molar-refractivity contribution in [1.29, 1.82) is 0 Å². The predicted molar refractivity (Wildman–Crippen MR) is 68.1 cm³/mol. The van der Waals surface area contributed by atoms with E-state index in [4.69, 9.17) is 4.74 Å². The van der Waals surface area contributed by atoms with Gasteiger partial charge in [0, 0.05) is 25.1 Å². The molecule has 4 heteroatoms. The first-order valence-electron chi connectivity index (χ1n) is 6.81. The Kier molecular flexibility index (Phi) is 4.79. The molecule has 0 aromatic heterocycles. The largest absolute Gasteiger partial charge is 0.391 e. The van der Waals surface area contributed by atoms with Crippen LogP contribution in [0.4, 0.5) is 0 Å². The minimum Gasteiger partial charge on any atom is -0.391 e. The third-order valence-electron chi connectivity index (χ3n) is 4.24. The van der Waals surface area contributed by atoms with Gasteiger partial charge in [-0.05, 0) is 46.4 Å². The van der Waals surface area contributed by atoms with Crippen LogP contribution < -0.4 is 0 Å². The monoisotopic (exact) mass is 242 g/mol. The minimum absolute atomic E-state index is 0.201. The second kappa shape index (κ2) is 6.14. The van der Waals surface area contributed by atoms with Crippen LogP contribution in [0.3, 0.4) is 0 Å². The van der Waals surface area contributed by atoms with Crippen molar-refractivity contribution in [3.8, 4) is 0 Å². The molecule has 2 aliphatic heterocycles. The molecule has 2 fully saturated rings. The zero-order valence-corrected chi connectivity index (χ0v) is 11.1. The van der Waals surface area contributed by atoms with Crippen molar-refractivity contribution >= 4 is 0 Å². The zero-order valence-electron chi connectivity index (χ0n) is 11.1. The number of rotatable bonds is 4. The number of piperidine rings is 1. The summed E-state index contributed by atoms with van der Waals surface area (Å²) in [5.41, 5.74) is 0. The summed E-state index contributed by atoms with van der Waals surface area (Å²) in [7, 11) is 4.32. The molecule has 2 rings (SSSR count). The normalized spacial score (nSPS) is 30.0. The van der Waals surface area contributed by atoms with E-state index in [1.165, 1.54) is 12.8 Å². The van der Waals surface area contributed by atoms with E-state index in [1.807, 2.05) is 0 Å². The van der Waals surface area contributed by atoms with E-state index in [0.29, 0.717) is 5.92 Å². The highest BCUT2D eigenvalue weighted by Gasteiger charge is 2.27. The maximum absolute atomic E-state index is 10.1. The smallest absolute Gasteiger partial charge is 0.0718 e. The lowest BCUT2D eigenvalue weighted by molar-refractivity contribution is 0.0404. The van der Waals surface area contributed by atoms with Gasteiger partial charge in [0.25, 0.3) is 0 Å². The van der Waals surface area contributed by atoms with Gasteiger partial charge in [-0.3, -0.25) is 0 Å². The number of hydrogen-bond donors (Lipinski definition) is 1. The average Bonchev–Trinajstić information content (AvgIpc) is 2.83. The molecule has 0 aliphatic carbocycles. The summed E-state index contributed by atoms with van der Waals surface area (Å²) in [5.74, 6) is 0.363. The molecule has 2 unspecified atom stereocenters. The van der Waals surface area contributed by atoms with Crippen LogP contribution in [0.2, 0.25) is 0 Å². The molecular formula is C13H26N2O2. The molecule has 0 radical (unpaired) electrons. The third-order valence-corrected chi connectivity index (χ3v) is 4.24. The summed E-state index contributed by atoms with van der Waals surface area (Å²) in [6.45, 7) is 4.63. The first-order chi connectivity index (χ1) is 8.16. The second-order valence-electron chi connectivity index (χ2n) is 5.69. The van der Waals surface area contributed by atoms with E-state index in [-0.39, 0.29) is 6.10 Å². The van der Waals surface area contributed by atoms with Gasteiger partial charge in [-0.1, -0.05) is 0 Å². The van der Waals surface area contributed by atoms with Crippen molar-refractivity contribution in [3.05, 3.63) is 0 Å². The van der Waals surface area contributed by atoms with E-state index in [0.717, 1.165) is 45.3 Å². The van der Waals surface area contributed by atoms with Crippen molar-refractivity contribution in [2.24, 2.45) is 5.92 Å². The van der Waals surface area contributed by atoms with Gasteiger partial charge < -0.3 is 19.6 Å². The van der Waals surface area contributed by atoms with Crippen LogP contribution in [0.15, 0.2) is 0 Å².